The van der Waals surface area contributed by atoms with Crippen LogP contribution in [0.15, 0.2) is 30.3 Å². The average molecular weight is 347 g/mol. The van der Waals surface area contributed by atoms with Gasteiger partial charge < -0.3 is 10.1 Å². The van der Waals surface area contributed by atoms with Crippen molar-refractivity contribution in [2.24, 2.45) is 0 Å². The Morgan fingerprint density at radius 2 is 1.48 bits per heavy atom. The summed E-state index contributed by atoms with van der Waals surface area (Å²) in [5.41, 5.74) is 0.703. The van der Waals surface area contributed by atoms with E-state index < -0.39 is 6.10 Å². The van der Waals surface area contributed by atoms with Gasteiger partial charge in [0, 0.05) is 12.1 Å². The third kappa shape index (κ3) is 10.6. The van der Waals surface area contributed by atoms with E-state index in [4.69, 9.17) is 4.74 Å². The summed E-state index contributed by atoms with van der Waals surface area (Å²) < 4.78 is 5.21. The summed E-state index contributed by atoms with van der Waals surface area (Å²) in [6.45, 7) is 3.83. The number of benzene rings is 1. The van der Waals surface area contributed by atoms with E-state index in [1.165, 1.54) is 44.9 Å². The van der Waals surface area contributed by atoms with Crippen LogP contribution in [0.3, 0.4) is 0 Å². The molecule has 4 heteroatoms. The van der Waals surface area contributed by atoms with Crippen LogP contribution in [0.25, 0.3) is 0 Å². The first-order valence-corrected chi connectivity index (χ1v) is 9.69. The molecule has 1 aromatic carbocycles. The first kappa shape index (κ1) is 21.2. The van der Waals surface area contributed by atoms with Crippen LogP contribution in [-0.2, 0) is 14.3 Å². The van der Waals surface area contributed by atoms with E-state index >= 15 is 0 Å². The van der Waals surface area contributed by atoms with Crippen LogP contribution >= 0.6 is 0 Å². The fourth-order valence-electron chi connectivity index (χ4n) is 2.65. The molecule has 0 aliphatic rings. The van der Waals surface area contributed by atoms with E-state index in [2.05, 4.69) is 12.2 Å². The van der Waals surface area contributed by atoms with E-state index in [9.17, 15) is 9.59 Å². The molecule has 1 amide bonds. The number of hydrogen-bond donors (Lipinski definition) is 1. The molecule has 0 bridgehead atoms. The maximum Gasteiger partial charge on any atom is 0.306 e. The molecule has 0 aromatic heterocycles. The Labute approximate surface area is 152 Å². The van der Waals surface area contributed by atoms with Crippen LogP contribution in [0.2, 0.25) is 0 Å². The minimum atomic E-state index is -0.772. The number of unbranched alkanes of at least 4 members (excludes halogenated alkanes) is 8. The molecule has 140 valence electrons. The van der Waals surface area contributed by atoms with Crippen molar-refractivity contribution in [3.63, 3.8) is 0 Å². The minimum absolute atomic E-state index is 0.293. The number of amides is 1. The molecule has 4 nitrogen and oxygen atoms in total. The number of hydrogen-bond acceptors (Lipinski definition) is 3. The van der Waals surface area contributed by atoms with Gasteiger partial charge in [-0.15, -0.1) is 0 Å². The number of anilines is 1. The molecule has 1 atom stereocenters. The monoisotopic (exact) mass is 347 g/mol. The molecule has 0 spiro atoms. The van der Waals surface area contributed by atoms with Gasteiger partial charge in [0.2, 0.25) is 0 Å². The van der Waals surface area contributed by atoms with Gasteiger partial charge in [0.1, 0.15) is 0 Å². The summed E-state index contributed by atoms with van der Waals surface area (Å²) in [6, 6.07) is 9.17. The van der Waals surface area contributed by atoms with E-state index in [1.807, 2.05) is 18.2 Å². The normalized spacial score (nSPS) is 11.8. The van der Waals surface area contributed by atoms with Crippen molar-refractivity contribution in [1.29, 1.82) is 0 Å². The smallest absolute Gasteiger partial charge is 0.306 e. The van der Waals surface area contributed by atoms with Gasteiger partial charge in [-0.2, -0.15) is 0 Å². The lowest BCUT2D eigenvalue weighted by Gasteiger charge is -2.13. The lowest BCUT2D eigenvalue weighted by atomic mass is 10.1. The zero-order chi connectivity index (χ0) is 18.3. The molecule has 0 unspecified atom stereocenters. The second-order valence-electron chi connectivity index (χ2n) is 6.57. The van der Waals surface area contributed by atoms with Crippen molar-refractivity contribution in [2.75, 3.05) is 5.32 Å². The molecule has 0 aliphatic carbocycles. The van der Waals surface area contributed by atoms with Crippen molar-refractivity contribution in [2.45, 2.75) is 84.2 Å². The molecule has 0 saturated carbocycles. The fraction of sp³-hybridized carbons (Fsp3) is 0.619. The Morgan fingerprint density at radius 3 is 2.08 bits per heavy atom. The number of carbonyl (C=O) groups excluding carboxylic acids is 2. The van der Waals surface area contributed by atoms with Crippen LogP contribution in [0.4, 0.5) is 5.69 Å². The Morgan fingerprint density at radius 1 is 0.920 bits per heavy atom. The first-order chi connectivity index (χ1) is 12.1. The molecule has 25 heavy (non-hydrogen) atoms. The summed E-state index contributed by atoms with van der Waals surface area (Å²) in [6.07, 6.45) is 10.5. The second-order valence-corrected chi connectivity index (χ2v) is 6.57. The summed E-state index contributed by atoms with van der Waals surface area (Å²) in [5, 5.41) is 2.74. The van der Waals surface area contributed by atoms with Crippen molar-refractivity contribution in [3.05, 3.63) is 30.3 Å². The average Bonchev–Trinajstić information content (AvgIpc) is 2.61. The van der Waals surface area contributed by atoms with Crippen LogP contribution in [0, 0.1) is 0 Å². The Balaban J connectivity index is 2.06. The van der Waals surface area contributed by atoms with Gasteiger partial charge in [0.05, 0.1) is 0 Å². The van der Waals surface area contributed by atoms with E-state index in [0.717, 1.165) is 12.8 Å². The number of ether oxygens (including phenoxy) is 1. The number of carbonyl (C=O) groups is 2. The SMILES string of the molecule is CCCCCCCCCCCC(=O)O[C@@H](C)C(=O)Nc1ccccc1. The summed E-state index contributed by atoms with van der Waals surface area (Å²) in [7, 11) is 0. The molecule has 0 saturated heterocycles. The topological polar surface area (TPSA) is 55.4 Å². The van der Waals surface area contributed by atoms with Crippen LogP contribution in [0.5, 0.6) is 0 Å². The number of para-hydroxylation sites is 1. The molecular formula is C21H33NO3. The maximum atomic E-state index is 12.0. The van der Waals surface area contributed by atoms with Gasteiger partial charge in [-0.1, -0.05) is 76.5 Å². The summed E-state index contributed by atoms with van der Waals surface area (Å²) in [4.78, 5) is 23.8. The van der Waals surface area contributed by atoms with E-state index in [0.29, 0.717) is 12.1 Å². The standard InChI is InChI=1S/C21H33NO3/c1-3-4-5-6-7-8-9-10-14-17-20(23)25-18(2)21(24)22-19-15-12-11-13-16-19/h11-13,15-16,18H,3-10,14,17H2,1-2H3,(H,22,24)/t18-/m0/s1. The highest BCUT2D eigenvalue weighted by molar-refractivity contribution is 5.95. The highest BCUT2D eigenvalue weighted by Gasteiger charge is 2.17. The van der Waals surface area contributed by atoms with Gasteiger partial charge in [-0.05, 0) is 25.5 Å². The largest absolute Gasteiger partial charge is 0.453 e. The minimum Gasteiger partial charge on any atom is -0.453 e. The second kappa shape index (κ2) is 13.5. The first-order valence-electron chi connectivity index (χ1n) is 9.69. The molecule has 0 radical (unpaired) electrons. The summed E-state index contributed by atoms with van der Waals surface area (Å²) >= 11 is 0. The number of rotatable bonds is 13. The Hall–Kier alpha value is -1.84. The lowest BCUT2D eigenvalue weighted by Crippen LogP contribution is -2.29. The van der Waals surface area contributed by atoms with Crippen molar-refractivity contribution in [3.8, 4) is 0 Å². The van der Waals surface area contributed by atoms with Gasteiger partial charge in [-0.25, -0.2) is 0 Å². The third-order valence-electron chi connectivity index (χ3n) is 4.20. The summed E-state index contributed by atoms with van der Waals surface area (Å²) in [5.74, 6) is -0.592. The van der Waals surface area contributed by atoms with E-state index in [-0.39, 0.29) is 11.9 Å². The van der Waals surface area contributed by atoms with E-state index in [1.54, 1.807) is 19.1 Å². The number of nitrogens with one attached hydrogen (secondary N) is 1. The fourth-order valence-corrected chi connectivity index (χ4v) is 2.65. The maximum absolute atomic E-state index is 12.0. The molecule has 0 heterocycles. The van der Waals surface area contributed by atoms with Crippen LogP contribution in [-0.4, -0.2) is 18.0 Å². The zero-order valence-electron chi connectivity index (χ0n) is 15.8. The quantitative estimate of drug-likeness (QED) is 0.380. The van der Waals surface area contributed by atoms with Crippen molar-refractivity contribution < 1.29 is 14.3 Å². The molecule has 1 N–H and O–H groups in total. The highest BCUT2D eigenvalue weighted by atomic mass is 16.5. The molecule has 0 fully saturated rings. The molecular weight excluding hydrogens is 314 g/mol. The van der Waals surface area contributed by atoms with Crippen molar-refractivity contribution >= 4 is 17.6 Å². The Kier molecular flexibility index (Phi) is 11.4. The van der Waals surface area contributed by atoms with Gasteiger partial charge >= 0.3 is 5.97 Å². The van der Waals surface area contributed by atoms with Crippen LogP contribution < -0.4 is 5.32 Å². The van der Waals surface area contributed by atoms with Gasteiger partial charge in [0.15, 0.2) is 6.10 Å². The van der Waals surface area contributed by atoms with Crippen LogP contribution in [0.1, 0.15) is 78.1 Å². The Bertz CT molecular complexity index is 487. The van der Waals surface area contributed by atoms with Gasteiger partial charge in [-0.3, -0.25) is 9.59 Å². The highest BCUT2D eigenvalue weighted by Crippen LogP contribution is 2.11. The predicted octanol–water partition coefficient (Wildman–Crippen LogP) is 5.48. The zero-order valence-corrected chi connectivity index (χ0v) is 15.8. The lowest BCUT2D eigenvalue weighted by molar-refractivity contribution is -0.153. The predicted molar refractivity (Wildman–Crippen MR) is 102 cm³/mol. The van der Waals surface area contributed by atoms with Crippen molar-refractivity contribution in [1.82, 2.24) is 0 Å². The van der Waals surface area contributed by atoms with Gasteiger partial charge in [0.25, 0.3) is 5.91 Å². The molecule has 1 aromatic rings. The number of esters is 1. The molecule has 1 rings (SSSR count). The third-order valence-corrected chi connectivity index (χ3v) is 4.20. The molecule has 0 aliphatic heterocycles.